The molecule has 0 spiro atoms. The lowest BCUT2D eigenvalue weighted by Crippen LogP contribution is -2.28. The minimum Gasteiger partial charge on any atom is -0.497 e. The van der Waals surface area contributed by atoms with Gasteiger partial charge in [-0.3, -0.25) is 0 Å². The maximum Gasteiger partial charge on any atom is 0.233 e. The lowest BCUT2D eigenvalue weighted by atomic mass is 10.2. The van der Waals surface area contributed by atoms with Crippen LogP contribution in [0.2, 0.25) is 0 Å². The Morgan fingerprint density at radius 2 is 1.82 bits per heavy atom. The fraction of sp³-hybridized carbons (Fsp3) is 0.167. The molecule has 1 aromatic carbocycles. The zero-order valence-corrected chi connectivity index (χ0v) is 16.9. The predicted octanol–water partition coefficient (Wildman–Crippen LogP) is 2.92. The standard InChI is InChI=1S/C18H18N6O2S2/c1-25-13-6-4-12(5-7-13)11-21-17(27)24-16-22-14(26-2)10-15(23-16)28-18-19-8-3-9-20-18/h3-10H,11H2,1-2H3,(H2,21,22,23,24,27). The zero-order valence-electron chi connectivity index (χ0n) is 15.2. The van der Waals surface area contributed by atoms with E-state index in [0.717, 1.165) is 11.3 Å². The molecule has 0 amide bonds. The van der Waals surface area contributed by atoms with Crippen LogP contribution in [-0.2, 0) is 6.54 Å². The number of nitrogens with zero attached hydrogens (tertiary/aromatic N) is 4. The van der Waals surface area contributed by atoms with Crippen molar-refractivity contribution in [2.45, 2.75) is 16.7 Å². The first-order chi connectivity index (χ1) is 13.7. The van der Waals surface area contributed by atoms with Crippen LogP contribution < -0.4 is 20.1 Å². The molecule has 2 aromatic heterocycles. The average Bonchev–Trinajstić information content (AvgIpc) is 2.73. The number of methoxy groups -OCH3 is 2. The van der Waals surface area contributed by atoms with E-state index in [2.05, 4.69) is 30.6 Å². The van der Waals surface area contributed by atoms with Crippen molar-refractivity contribution in [1.29, 1.82) is 0 Å². The van der Waals surface area contributed by atoms with Crippen LogP contribution >= 0.6 is 24.0 Å². The van der Waals surface area contributed by atoms with Crippen LogP contribution in [-0.4, -0.2) is 39.3 Å². The van der Waals surface area contributed by atoms with E-state index in [0.29, 0.717) is 33.7 Å². The molecule has 3 rings (SSSR count). The highest BCUT2D eigenvalue weighted by Gasteiger charge is 2.09. The third kappa shape index (κ3) is 5.76. The summed E-state index contributed by atoms with van der Waals surface area (Å²) in [6.07, 6.45) is 3.34. The van der Waals surface area contributed by atoms with Crippen molar-refractivity contribution in [1.82, 2.24) is 25.3 Å². The number of hydrogen-bond donors (Lipinski definition) is 2. The third-order valence-corrected chi connectivity index (χ3v) is 4.52. The Balaban J connectivity index is 1.63. The third-order valence-electron chi connectivity index (χ3n) is 3.46. The van der Waals surface area contributed by atoms with Crippen LogP contribution in [0.5, 0.6) is 11.6 Å². The molecule has 0 aliphatic rings. The topological polar surface area (TPSA) is 94.1 Å². The van der Waals surface area contributed by atoms with E-state index in [1.54, 1.807) is 38.7 Å². The summed E-state index contributed by atoms with van der Waals surface area (Å²) in [4.78, 5) is 17.1. The van der Waals surface area contributed by atoms with Crippen LogP contribution in [0.1, 0.15) is 5.56 Å². The highest BCUT2D eigenvalue weighted by Crippen LogP contribution is 2.25. The SMILES string of the molecule is COc1ccc(CNC(=S)Nc2nc(OC)cc(Sc3ncccn3)n2)cc1. The van der Waals surface area contributed by atoms with E-state index >= 15 is 0 Å². The first-order valence-electron chi connectivity index (χ1n) is 8.22. The molecule has 0 saturated heterocycles. The molecule has 3 aromatic rings. The minimum absolute atomic E-state index is 0.324. The Bertz CT molecular complexity index is 925. The average molecular weight is 415 g/mol. The van der Waals surface area contributed by atoms with Gasteiger partial charge in [0, 0.05) is 25.0 Å². The van der Waals surface area contributed by atoms with Crippen molar-refractivity contribution in [3.05, 3.63) is 54.4 Å². The van der Waals surface area contributed by atoms with Crippen LogP contribution in [0.15, 0.2) is 59.0 Å². The number of anilines is 1. The largest absolute Gasteiger partial charge is 0.497 e. The summed E-state index contributed by atoms with van der Waals surface area (Å²) < 4.78 is 10.4. The predicted molar refractivity (Wildman–Crippen MR) is 111 cm³/mol. The van der Waals surface area contributed by atoms with Crippen molar-refractivity contribution in [3.8, 4) is 11.6 Å². The maximum absolute atomic E-state index is 5.34. The molecule has 144 valence electrons. The summed E-state index contributed by atoms with van der Waals surface area (Å²) in [7, 11) is 3.18. The van der Waals surface area contributed by atoms with E-state index < -0.39 is 0 Å². The Labute approximate surface area is 172 Å². The van der Waals surface area contributed by atoms with E-state index in [4.69, 9.17) is 21.7 Å². The molecule has 2 N–H and O–H groups in total. The van der Waals surface area contributed by atoms with Crippen molar-refractivity contribution in [3.63, 3.8) is 0 Å². The van der Waals surface area contributed by atoms with E-state index in [9.17, 15) is 0 Å². The van der Waals surface area contributed by atoms with Gasteiger partial charge in [0.15, 0.2) is 10.3 Å². The molecular formula is C18H18N6O2S2. The first-order valence-corrected chi connectivity index (χ1v) is 9.44. The molecule has 0 atom stereocenters. The van der Waals surface area contributed by atoms with E-state index in [-0.39, 0.29) is 0 Å². The molecular weight excluding hydrogens is 396 g/mol. The van der Waals surface area contributed by atoms with Crippen molar-refractivity contribution in [2.24, 2.45) is 0 Å². The summed E-state index contributed by atoms with van der Waals surface area (Å²) in [6, 6.07) is 11.2. The number of rotatable bonds is 7. The van der Waals surface area contributed by atoms with Gasteiger partial charge in [-0.15, -0.1) is 0 Å². The monoisotopic (exact) mass is 414 g/mol. The molecule has 0 unspecified atom stereocenters. The second-order valence-electron chi connectivity index (χ2n) is 5.36. The molecule has 0 bridgehead atoms. The Morgan fingerprint density at radius 3 is 2.50 bits per heavy atom. The molecule has 0 fully saturated rings. The Hall–Kier alpha value is -2.98. The van der Waals surface area contributed by atoms with Gasteiger partial charge in [-0.05, 0) is 47.7 Å². The van der Waals surface area contributed by atoms with Crippen molar-refractivity contribution in [2.75, 3.05) is 19.5 Å². The van der Waals surface area contributed by atoms with Crippen LogP contribution in [0.3, 0.4) is 0 Å². The summed E-state index contributed by atoms with van der Waals surface area (Å²) in [6.45, 7) is 0.555. The van der Waals surface area contributed by atoms with Crippen LogP contribution in [0.4, 0.5) is 5.95 Å². The van der Waals surface area contributed by atoms with Gasteiger partial charge in [0.25, 0.3) is 0 Å². The lowest BCUT2D eigenvalue weighted by Gasteiger charge is -2.11. The Morgan fingerprint density at radius 1 is 1.07 bits per heavy atom. The number of nitrogens with one attached hydrogen (secondary N) is 2. The molecule has 0 aliphatic carbocycles. The van der Waals surface area contributed by atoms with Crippen molar-refractivity contribution >= 4 is 35.0 Å². The number of aromatic nitrogens is 4. The molecule has 10 heteroatoms. The second-order valence-corrected chi connectivity index (χ2v) is 6.76. The van der Waals surface area contributed by atoms with Gasteiger partial charge in [-0.2, -0.15) is 4.98 Å². The van der Waals surface area contributed by atoms with Crippen LogP contribution in [0, 0.1) is 0 Å². The molecule has 2 heterocycles. The van der Waals surface area contributed by atoms with Gasteiger partial charge in [0.1, 0.15) is 10.8 Å². The summed E-state index contributed by atoms with van der Waals surface area (Å²) >= 11 is 6.64. The van der Waals surface area contributed by atoms with E-state index in [1.165, 1.54) is 11.8 Å². The number of ether oxygens (including phenoxy) is 2. The molecule has 0 radical (unpaired) electrons. The zero-order chi connectivity index (χ0) is 19.8. The van der Waals surface area contributed by atoms with Gasteiger partial charge < -0.3 is 20.1 Å². The highest BCUT2D eigenvalue weighted by atomic mass is 32.2. The molecule has 8 nitrogen and oxygen atoms in total. The number of hydrogen-bond acceptors (Lipinski definition) is 8. The molecule has 0 saturated carbocycles. The van der Waals surface area contributed by atoms with Gasteiger partial charge in [-0.25, -0.2) is 15.0 Å². The minimum atomic E-state index is 0.324. The molecule has 0 aliphatic heterocycles. The maximum atomic E-state index is 5.34. The summed E-state index contributed by atoms with van der Waals surface area (Å²) in [5.74, 6) is 1.54. The fourth-order valence-corrected chi connectivity index (χ4v) is 2.99. The quantitative estimate of drug-likeness (QED) is 0.341. The normalized spacial score (nSPS) is 10.2. The van der Waals surface area contributed by atoms with Crippen molar-refractivity contribution < 1.29 is 9.47 Å². The fourth-order valence-electron chi connectivity index (χ4n) is 2.12. The molecule has 28 heavy (non-hydrogen) atoms. The first kappa shape index (κ1) is 19.8. The van der Waals surface area contributed by atoms with E-state index in [1.807, 2.05) is 24.3 Å². The number of thiocarbonyl (C=S) groups is 1. The number of benzene rings is 1. The van der Waals surface area contributed by atoms with Gasteiger partial charge in [0.05, 0.1) is 14.2 Å². The smallest absolute Gasteiger partial charge is 0.233 e. The summed E-state index contributed by atoms with van der Waals surface area (Å²) in [5, 5.41) is 7.71. The van der Waals surface area contributed by atoms with Gasteiger partial charge >= 0.3 is 0 Å². The van der Waals surface area contributed by atoms with Gasteiger partial charge in [0.2, 0.25) is 11.8 Å². The van der Waals surface area contributed by atoms with Gasteiger partial charge in [-0.1, -0.05) is 12.1 Å². The highest BCUT2D eigenvalue weighted by molar-refractivity contribution is 7.99. The lowest BCUT2D eigenvalue weighted by molar-refractivity contribution is 0.396. The second kappa shape index (κ2) is 9.81. The summed E-state index contributed by atoms with van der Waals surface area (Å²) in [5.41, 5.74) is 1.06. The van der Waals surface area contributed by atoms with Crippen LogP contribution in [0.25, 0.3) is 0 Å². The Kier molecular flexibility index (Phi) is 6.93.